The van der Waals surface area contributed by atoms with Gasteiger partial charge in [-0.2, -0.15) is 0 Å². The summed E-state index contributed by atoms with van der Waals surface area (Å²) in [5, 5.41) is 0. The molecule has 0 N–H and O–H groups in total. The average Bonchev–Trinajstić information content (AvgIpc) is 2.98. The highest BCUT2D eigenvalue weighted by Crippen LogP contribution is 1.97. The van der Waals surface area contributed by atoms with Gasteiger partial charge in [0.25, 0.3) is 0 Å². The maximum Gasteiger partial charge on any atom is 0.244 e. The molecule has 0 aliphatic carbocycles. The van der Waals surface area contributed by atoms with Gasteiger partial charge in [0, 0.05) is 7.11 Å². The molecule has 5 nitrogen and oxygen atoms in total. The largest absolute Gasteiger partial charge is 0.382 e. The quantitative estimate of drug-likeness (QED) is 0.466. The van der Waals surface area contributed by atoms with Gasteiger partial charge >= 0.3 is 0 Å². The van der Waals surface area contributed by atoms with E-state index in [1.165, 1.54) is 5.56 Å². The number of aromatic nitrogens is 2. The summed E-state index contributed by atoms with van der Waals surface area (Å²) in [7, 11) is 1.67. The lowest BCUT2D eigenvalue weighted by Gasteiger charge is -2.04. The molecule has 2 aromatic rings. The van der Waals surface area contributed by atoms with Crippen LogP contribution >= 0.6 is 0 Å². The summed E-state index contributed by atoms with van der Waals surface area (Å²) in [6, 6.07) is 10.4. The fourth-order valence-electron chi connectivity index (χ4n) is 2.09. The molecule has 22 heavy (non-hydrogen) atoms. The van der Waals surface area contributed by atoms with Crippen molar-refractivity contribution in [2.24, 2.45) is 0 Å². The first-order valence-corrected chi connectivity index (χ1v) is 7.61. The zero-order chi connectivity index (χ0) is 15.5. The van der Waals surface area contributed by atoms with E-state index in [0.29, 0.717) is 33.0 Å². The van der Waals surface area contributed by atoms with Crippen LogP contribution in [0.5, 0.6) is 0 Å². The Bertz CT molecular complexity index is 514. The molecule has 0 atom stereocenters. The Hall–Kier alpha value is -1.69. The number of methoxy groups -OCH3 is 1. The van der Waals surface area contributed by atoms with Crippen molar-refractivity contribution >= 4 is 0 Å². The Labute approximate surface area is 132 Å². The number of imidazole rings is 1. The molecule has 0 spiro atoms. The predicted octanol–water partition coefficient (Wildman–Crippen LogP) is 1.50. The van der Waals surface area contributed by atoms with E-state index in [1.807, 2.05) is 6.07 Å². The topological polar surface area (TPSA) is 36.5 Å². The van der Waals surface area contributed by atoms with Crippen LogP contribution in [0.15, 0.2) is 49.1 Å². The third kappa shape index (κ3) is 6.39. The summed E-state index contributed by atoms with van der Waals surface area (Å²) in [5.74, 6) is 0. The fourth-order valence-corrected chi connectivity index (χ4v) is 2.09. The fraction of sp³-hybridized carbons (Fsp3) is 0.471. The average molecular weight is 305 g/mol. The maximum atomic E-state index is 5.55. The molecule has 2 rings (SSSR count). The molecule has 0 fully saturated rings. The molecule has 0 aliphatic rings. The minimum Gasteiger partial charge on any atom is -0.382 e. The molecular weight excluding hydrogens is 280 g/mol. The van der Waals surface area contributed by atoms with Crippen molar-refractivity contribution in [3.8, 4) is 0 Å². The Kier molecular flexibility index (Phi) is 7.66. The second-order valence-electron chi connectivity index (χ2n) is 5.03. The molecule has 0 saturated heterocycles. The van der Waals surface area contributed by atoms with E-state index < -0.39 is 0 Å². The third-order valence-electron chi connectivity index (χ3n) is 3.25. The second-order valence-corrected chi connectivity index (χ2v) is 5.03. The van der Waals surface area contributed by atoms with Crippen LogP contribution in [-0.4, -0.2) is 44.7 Å². The van der Waals surface area contributed by atoms with Crippen LogP contribution in [0.3, 0.4) is 0 Å². The Morgan fingerprint density at radius 3 is 2.45 bits per heavy atom. The highest BCUT2D eigenvalue weighted by Gasteiger charge is 2.04. The number of rotatable bonds is 11. The molecular formula is C17H25N2O3+. The molecule has 0 saturated carbocycles. The normalized spacial score (nSPS) is 11.0. The second kappa shape index (κ2) is 10.1. The summed E-state index contributed by atoms with van der Waals surface area (Å²) in [5.41, 5.74) is 1.30. The van der Waals surface area contributed by atoms with E-state index in [2.05, 4.69) is 52.1 Å². The van der Waals surface area contributed by atoms with Gasteiger partial charge in [0.1, 0.15) is 25.5 Å². The molecule has 0 aliphatic heterocycles. The van der Waals surface area contributed by atoms with Crippen LogP contribution in [-0.2, 0) is 27.3 Å². The van der Waals surface area contributed by atoms with E-state index in [-0.39, 0.29) is 0 Å². The Balaban J connectivity index is 1.59. The number of nitrogens with zero attached hydrogens (tertiary/aromatic N) is 2. The van der Waals surface area contributed by atoms with Crippen LogP contribution in [0.4, 0.5) is 0 Å². The number of ether oxygens (including phenoxy) is 3. The molecule has 0 radical (unpaired) electrons. The van der Waals surface area contributed by atoms with Crippen molar-refractivity contribution in [2.45, 2.75) is 13.1 Å². The van der Waals surface area contributed by atoms with Gasteiger partial charge in [-0.1, -0.05) is 30.3 Å². The van der Waals surface area contributed by atoms with E-state index in [4.69, 9.17) is 14.2 Å². The van der Waals surface area contributed by atoms with Gasteiger partial charge < -0.3 is 14.2 Å². The van der Waals surface area contributed by atoms with Gasteiger partial charge in [-0.15, -0.1) is 0 Å². The molecule has 1 aromatic carbocycles. The number of hydrogen-bond donors (Lipinski definition) is 0. The van der Waals surface area contributed by atoms with Gasteiger partial charge in [0.15, 0.2) is 0 Å². The van der Waals surface area contributed by atoms with E-state index in [0.717, 1.165) is 13.1 Å². The molecule has 1 aromatic heterocycles. The smallest absolute Gasteiger partial charge is 0.244 e. The van der Waals surface area contributed by atoms with Crippen LogP contribution in [0.1, 0.15) is 5.56 Å². The van der Waals surface area contributed by atoms with Crippen molar-refractivity contribution in [3.05, 3.63) is 54.6 Å². The summed E-state index contributed by atoms with van der Waals surface area (Å²) in [6.07, 6.45) is 6.26. The zero-order valence-electron chi connectivity index (χ0n) is 13.2. The molecule has 1 heterocycles. The minimum atomic E-state index is 0.614. The maximum absolute atomic E-state index is 5.55. The Morgan fingerprint density at radius 1 is 0.955 bits per heavy atom. The minimum absolute atomic E-state index is 0.614. The van der Waals surface area contributed by atoms with Crippen molar-refractivity contribution in [1.29, 1.82) is 0 Å². The van der Waals surface area contributed by atoms with Crippen molar-refractivity contribution in [2.75, 3.05) is 40.1 Å². The number of benzene rings is 1. The van der Waals surface area contributed by atoms with E-state index >= 15 is 0 Å². The lowest BCUT2D eigenvalue weighted by molar-refractivity contribution is -0.687. The number of hydrogen-bond acceptors (Lipinski definition) is 3. The summed E-state index contributed by atoms with van der Waals surface area (Å²) in [4.78, 5) is 0. The third-order valence-corrected chi connectivity index (χ3v) is 3.25. The monoisotopic (exact) mass is 305 g/mol. The summed E-state index contributed by atoms with van der Waals surface area (Å²) < 4.78 is 20.1. The molecule has 0 unspecified atom stereocenters. The van der Waals surface area contributed by atoms with E-state index in [9.17, 15) is 0 Å². The first kappa shape index (κ1) is 16.7. The summed E-state index contributed by atoms with van der Waals surface area (Å²) >= 11 is 0. The highest BCUT2D eigenvalue weighted by molar-refractivity contribution is 5.13. The Morgan fingerprint density at radius 2 is 1.68 bits per heavy atom. The lowest BCUT2D eigenvalue weighted by atomic mass is 10.2. The SMILES string of the molecule is COCCOCCOCCn1cc[n+](Cc2ccccc2)c1. The van der Waals surface area contributed by atoms with Crippen molar-refractivity contribution < 1.29 is 18.8 Å². The van der Waals surface area contributed by atoms with Crippen LogP contribution < -0.4 is 4.57 Å². The van der Waals surface area contributed by atoms with Gasteiger partial charge in [-0.05, 0) is 5.56 Å². The summed E-state index contributed by atoms with van der Waals surface area (Å²) in [6.45, 7) is 4.91. The predicted molar refractivity (Wildman–Crippen MR) is 83.7 cm³/mol. The van der Waals surface area contributed by atoms with Gasteiger partial charge in [0.05, 0.1) is 33.0 Å². The van der Waals surface area contributed by atoms with Gasteiger partial charge in [-0.3, -0.25) is 0 Å². The lowest BCUT2D eigenvalue weighted by Crippen LogP contribution is -2.31. The molecule has 5 heteroatoms. The standard InChI is InChI=1S/C17H25N2O3/c1-20-11-12-22-14-13-21-10-9-18-7-8-19(16-18)15-17-5-3-2-4-6-17/h2-8,16H,9-15H2,1H3/q+1. The first-order chi connectivity index (χ1) is 10.9. The van der Waals surface area contributed by atoms with Gasteiger partial charge in [0.2, 0.25) is 6.33 Å². The van der Waals surface area contributed by atoms with Crippen LogP contribution in [0, 0.1) is 0 Å². The first-order valence-electron chi connectivity index (χ1n) is 7.61. The van der Waals surface area contributed by atoms with E-state index in [1.54, 1.807) is 7.11 Å². The van der Waals surface area contributed by atoms with Crippen LogP contribution in [0.2, 0.25) is 0 Å². The van der Waals surface area contributed by atoms with Crippen molar-refractivity contribution in [1.82, 2.24) is 4.57 Å². The molecule has 0 amide bonds. The molecule has 120 valence electrons. The van der Waals surface area contributed by atoms with Crippen molar-refractivity contribution in [3.63, 3.8) is 0 Å². The van der Waals surface area contributed by atoms with Crippen LogP contribution in [0.25, 0.3) is 0 Å². The zero-order valence-corrected chi connectivity index (χ0v) is 13.2. The highest BCUT2D eigenvalue weighted by atomic mass is 16.5. The molecule has 0 bridgehead atoms. The van der Waals surface area contributed by atoms with Gasteiger partial charge in [-0.25, -0.2) is 9.13 Å².